The Morgan fingerprint density at radius 3 is 2.06 bits per heavy atom. The van der Waals surface area contributed by atoms with Crippen molar-refractivity contribution in [3.8, 4) is 0 Å². The van der Waals surface area contributed by atoms with Gasteiger partial charge in [0.2, 0.25) is 5.91 Å². The minimum absolute atomic E-state index is 0.175. The van der Waals surface area contributed by atoms with Gasteiger partial charge in [0, 0.05) is 18.5 Å². The first kappa shape index (κ1) is 22.7. The summed E-state index contributed by atoms with van der Waals surface area (Å²) in [6, 6.07) is 19.3. The lowest BCUT2D eigenvalue weighted by Gasteiger charge is -2.37. The van der Waals surface area contributed by atoms with Gasteiger partial charge in [-0.15, -0.1) is 0 Å². The number of amides is 1. The molecular weight excluding hydrogens is 392 g/mol. The van der Waals surface area contributed by atoms with Crippen LogP contribution in [0.3, 0.4) is 0 Å². The topological polar surface area (TPSA) is 90.6 Å². The lowest BCUT2D eigenvalue weighted by Crippen LogP contribution is -2.57. The summed E-state index contributed by atoms with van der Waals surface area (Å²) < 4.78 is 11.4. The van der Waals surface area contributed by atoms with Crippen LogP contribution in [0.25, 0.3) is 0 Å². The molecule has 0 aliphatic heterocycles. The number of hydrogen-bond donors (Lipinski definition) is 2. The maximum atomic E-state index is 12.2. The summed E-state index contributed by atoms with van der Waals surface area (Å²) in [5.74, 6) is -0.611. The minimum Gasteiger partial charge on any atom is -0.466 e. The van der Waals surface area contributed by atoms with Crippen molar-refractivity contribution in [3.63, 3.8) is 0 Å². The van der Waals surface area contributed by atoms with Gasteiger partial charge in [-0.3, -0.25) is 4.79 Å². The van der Waals surface area contributed by atoms with E-state index >= 15 is 0 Å². The van der Waals surface area contributed by atoms with Gasteiger partial charge in [-0.25, -0.2) is 4.79 Å². The van der Waals surface area contributed by atoms with Crippen LogP contribution in [-0.2, 0) is 31.9 Å². The van der Waals surface area contributed by atoms with Gasteiger partial charge >= 0.3 is 5.97 Å². The average molecular weight is 423 g/mol. The molecule has 0 spiro atoms. The Kier molecular flexibility index (Phi) is 7.98. The maximum Gasteiger partial charge on any atom is 0.333 e. The Bertz CT molecular complexity index is 857. The van der Waals surface area contributed by atoms with Crippen LogP contribution in [0.5, 0.6) is 0 Å². The first-order valence-electron chi connectivity index (χ1n) is 10.5. The predicted molar refractivity (Wildman–Crippen MR) is 119 cm³/mol. The summed E-state index contributed by atoms with van der Waals surface area (Å²) in [5, 5.41) is 2.91. The number of benzene rings is 2. The fourth-order valence-electron chi connectivity index (χ4n) is 3.97. The van der Waals surface area contributed by atoms with E-state index in [1.807, 2.05) is 36.4 Å². The molecule has 6 nitrogen and oxygen atoms in total. The molecule has 1 amide bonds. The fraction of sp³-hybridized carbons (Fsp3) is 0.360. The van der Waals surface area contributed by atoms with Crippen LogP contribution in [0.2, 0.25) is 0 Å². The monoisotopic (exact) mass is 422 g/mol. The Balaban J connectivity index is 1.88. The van der Waals surface area contributed by atoms with Crippen molar-refractivity contribution in [2.75, 3.05) is 7.11 Å². The molecule has 3 atom stereocenters. The molecule has 164 valence electrons. The molecule has 1 aliphatic rings. The number of carbonyl (C=O) groups is 2. The zero-order valence-corrected chi connectivity index (χ0v) is 18.0. The summed E-state index contributed by atoms with van der Waals surface area (Å²) >= 11 is 0. The summed E-state index contributed by atoms with van der Waals surface area (Å²) in [6.45, 7) is 1.45. The van der Waals surface area contributed by atoms with E-state index in [2.05, 4.69) is 29.6 Å². The highest BCUT2D eigenvalue weighted by Gasteiger charge is 2.36. The van der Waals surface area contributed by atoms with Crippen molar-refractivity contribution in [1.82, 2.24) is 5.32 Å². The van der Waals surface area contributed by atoms with E-state index < -0.39 is 24.2 Å². The molecule has 1 unspecified atom stereocenters. The van der Waals surface area contributed by atoms with Crippen LogP contribution in [-0.4, -0.2) is 43.3 Å². The third kappa shape index (κ3) is 6.51. The zero-order valence-electron chi connectivity index (χ0n) is 18.0. The second-order valence-electron chi connectivity index (χ2n) is 7.88. The minimum atomic E-state index is -0.542. The smallest absolute Gasteiger partial charge is 0.333 e. The average Bonchev–Trinajstić information content (AvgIpc) is 2.76. The van der Waals surface area contributed by atoms with Gasteiger partial charge in [0.1, 0.15) is 0 Å². The molecule has 0 aromatic heterocycles. The number of rotatable bonds is 8. The molecule has 6 heteroatoms. The molecule has 31 heavy (non-hydrogen) atoms. The van der Waals surface area contributed by atoms with Crippen LogP contribution in [0.1, 0.15) is 24.5 Å². The van der Waals surface area contributed by atoms with E-state index in [1.165, 1.54) is 14.0 Å². The molecule has 0 fully saturated rings. The number of esters is 1. The second-order valence-corrected chi connectivity index (χ2v) is 7.88. The molecule has 0 saturated carbocycles. The van der Waals surface area contributed by atoms with Gasteiger partial charge < -0.3 is 20.5 Å². The number of nitrogens with one attached hydrogen (secondary N) is 1. The van der Waals surface area contributed by atoms with Crippen molar-refractivity contribution in [1.29, 1.82) is 0 Å². The van der Waals surface area contributed by atoms with Gasteiger partial charge in [-0.2, -0.15) is 0 Å². The van der Waals surface area contributed by atoms with Crippen LogP contribution < -0.4 is 11.1 Å². The highest BCUT2D eigenvalue weighted by atomic mass is 16.5. The molecule has 1 aliphatic carbocycles. The van der Waals surface area contributed by atoms with Crippen molar-refractivity contribution < 1.29 is 19.1 Å². The molecule has 3 N–H and O–H groups in total. The normalized spacial score (nSPS) is 20.8. The third-order valence-electron chi connectivity index (χ3n) is 5.42. The van der Waals surface area contributed by atoms with Gasteiger partial charge in [0.15, 0.2) is 0 Å². The van der Waals surface area contributed by atoms with Crippen molar-refractivity contribution in [2.24, 2.45) is 5.73 Å². The van der Waals surface area contributed by atoms with Crippen molar-refractivity contribution in [2.45, 2.75) is 50.5 Å². The summed E-state index contributed by atoms with van der Waals surface area (Å²) in [5.41, 5.74) is 9.11. The number of carbonyl (C=O) groups excluding carboxylic acids is 2. The lowest BCUT2D eigenvalue weighted by atomic mass is 9.88. The van der Waals surface area contributed by atoms with Crippen LogP contribution in [0.15, 0.2) is 72.3 Å². The largest absolute Gasteiger partial charge is 0.466 e. The molecule has 2 aromatic carbocycles. The SMILES string of the molecule is COC(=O)C1=C[C@@H](OC(Cc2ccccc2)Cc2ccccc2)C(NC(C)=O)[C@@H](N)C1. The van der Waals surface area contributed by atoms with E-state index in [0.29, 0.717) is 24.8 Å². The quantitative estimate of drug-likeness (QED) is 0.638. The molecule has 0 heterocycles. The number of ether oxygens (including phenoxy) is 2. The van der Waals surface area contributed by atoms with Crippen LogP contribution in [0.4, 0.5) is 0 Å². The third-order valence-corrected chi connectivity index (χ3v) is 5.42. The first-order chi connectivity index (χ1) is 15.0. The van der Waals surface area contributed by atoms with Gasteiger partial charge in [-0.1, -0.05) is 60.7 Å². The lowest BCUT2D eigenvalue weighted by molar-refractivity contribution is -0.136. The Morgan fingerprint density at radius 1 is 1.03 bits per heavy atom. The molecule has 2 aromatic rings. The molecule has 3 rings (SSSR count). The zero-order chi connectivity index (χ0) is 22.2. The van der Waals surface area contributed by atoms with E-state index in [1.54, 1.807) is 6.08 Å². The number of nitrogens with two attached hydrogens (primary N) is 1. The van der Waals surface area contributed by atoms with Crippen LogP contribution >= 0.6 is 0 Å². The van der Waals surface area contributed by atoms with Crippen molar-refractivity contribution in [3.05, 3.63) is 83.4 Å². The predicted octanol–water partition coefficient (Wildman–Crippen LogP) is 2.56. The fourth-order valence-corrected chi connectivity index (χ4v) is 3.97. The Labute approximate surface area is 183 Å². The summed E-state index contributed by atoms with van der Waals surface area (Å²) in [6.07, 6.45) is 2.73. The van der Waals surface area contributed by atoms with Gasteiger partial charge in [0.05, 0.1) is 25.4 Å². The first-order valence-corrected chi connectivity index (χ1v) is 10.5. The second kappa shape index (κ2) is 10.9. The molecular formula is C25H30N2O4. The van der Waals surface area contributed by atoms with E-state index in [4.69, 9.17) is 15.2 Å². The Morgan fingerprint density at radius 2 is 1.58 bits per heavy atom. The molecule has 0 radical (unpaired) electrons. The standard InChI is InChI=1S/C25H30N2O4/c1-17(28)27-24-22(26)15-20(25(29)30-2)16-23(24)31-21(13-18-9-5-3-6-10-18)14-19-11-7-4-8-12-19/h3-12,16,21-24H,13-15,26H2,1-2H3,(H,27,28)/t22-,23+,24?/m0/s1. The molecule has 0 saturated heterocycles. The molecule has 0 bridgehead atoms. The summed E-state index contributed by atoms with van der Waals surface area (Å²) in [7, 11) is 1.35. The van der Waals surface area contributed by atoms with Gasteiger partial charge in [-0.05, 0) is 36.5 Å². The highest BCUT2D eigenvalue weighted by Crippen LogP contribution is 2.24. The van der Waals surface area contributed by atoms with Crippen LogP contribution in [0, 0.1) is 0 Å². The Hall–Kier alpha value is -2.96. The van der Waals surface area contributed by atoms with E-state index in [-0.39, 0.29) is 12.0 Å². The van der Waals surface area contributed by atoms with E-state index in [0.717, 1.165) is 11.1 Å². The summed E-state index contributed by atoms with van der Waals surface area (Å²) in [4.78, 5) is 24.0. The van der Waals surface area contributed by atoms with Gasteiger partial charge in [0.25, 0.3) is 0 Å². The number of methoxy groups -OCH3 is 1. The highest BCUT2D eigenvalue weighted by molar-refractivity contribution is 5.89. The maximum absolute atomic E-state index is 12.2. The number of hydrogen-bond acceptors (Lipinski definition) is 5. The van der Waals surface area contributed by atoms with E-state index in [9.17, 15) is 9.59 Å². The van der Waals surface area contributed by atoms with Crippen molar-refractivity contribution >= 4 is 11.9 Å².